The van der Waals surface area contributed by atoms with Crippen molar-refractivity contribution in [3.05, 3.63) is 38.8 Å². The lowest BCUT2D eigenvalue weighted by molar-refractivity contribution is 0.493. The van der Waals surface area contributed by atoms with Crippen molar-refractivity contribution >= 4 is 49.2 Å². The maximum atomic E-state index is 12.3. The smallest absolute Gasteiger partial charge is 0.207 e. The molecule has 0 saturated heterocycles. The molecule has 0 unspecified atom stereocenters. The normalized spacial score (nSPS) is 11.9. The van der Waals surface area contributed by atoms with Gasteiger partial charge in [0.1, 0.15) is 4.90 Å². The van der Waals surface area contributed by atoms with Crippen molar-refractivity contribution in [2.75, 3.05) is 13.6 Å². The molecule has 0 radical (unpaired) electrons. The van der Waals surface area contributed by atoms with E-state index >= 15 is 0 Å². The summed E-state index contributed by atoms with van der Waals surface area (Å²) >= 11 is 15.1. The molecule has 0 heterocycles. The van der Waals surface area contributed by atoms with Crippen LogP contribution in [-0.4, -0.2) is 26.3 Å². The van der Waals surface area contributed by atoms with Crippen LogP contribution in [0.5, 0.6) is 0 Å². The zero-order chi connectivity index (χ0) is 14.1. The van der Waals surface area contributed by atoms with Gasteiger partial charge in [-0.3, -0.25) is 0 Å². The zero-order valence-electron chi connectivity index (χ0n) is 9.87. The monoisotopic (exact) mass is 371 g/mol. The van der Waals surface area contributed by atoms with Crippen molar-refractivity contribution in [1.29, 1.82) is 0 Å². The average Bonchev–Trinajstić information content (AvgIpc) is 2.13. The Balaban J connectivity index is 3.33. The lowest BCUT2D eigenvalue weighted by Crippen LogP contribution is -2.28. The molecule has 1 rings (SSSR count). The molecule has 0 saturated carbocycles. The Morgan fingerprint density at radius 1 is 1.39 bits per heavy atom. The van der Waals surface area contributed by atoms with E-state index < -0.39 is 10.0 Å². The fraction of sp³-hybridized carbons (Fsp3) is 0.273. The van der Waals surface area contributed by atoms with Gasteiger partial charge in [-0.2, -0.15) is 4.31 Å². The highest BCUT2D eigenvalue weighted by Crippen LogP contribution is 2.34. The van der Waals surface area contributed by atoms with E-state index in [0.717, 1.165) is 9.88 Å². The standard InChI is InChI=1S/C11H12BrCl2NO2S/c1-7(2)6-15(3)18(16,17)11-9(13)4-8(12)5-10(11)14/h4-5H,1,6H2,2-3H3. The molecular weight excluding hydrogens is 361 g/mol. The maximum absolute atomic E-state index is 12.3. The van der Waals surface area contributed by atoms with Crippen LogP contribution in [0.4, 0.5) is 0 Å². The Hall–Kier alpha value is -0.0700. The molecule has 0 fully saturated rings. The van der Waals surface area contributed by atoms with Crippen molar-refractivity contribution in [2.24, 2.45) is 0 Å². The van der Waals surface area contributed by atoms with Crippen LogP contribution >= 0.6 is 39.1 Å². The van der Waals surface area contributed by atoms with E-state index in [2.05, 4.69) is 22.5 Å². The summed E-state index contributed by atoms with van der Waals surface area (Å²) in [6, 6.07) is 2.99. The van der Waals surface area contributed by atoms with Crippen LogP contribution in [-0.2, 0) is 10.0 Å². The molecule has 0 aliphatic heterocycles. The average molecular weight is 373 g/mol. The molecule has 100 valence electrons. The van der Waals surface area contributed by atoms with Crippen molar-refractivity contribution in [3.63, 3.8) is 0 Å². The predicted octanol–water partition coefficient (Wildman–Crippen LogP) is 3.95. The van der Waals surface area contributed by atoms with E-state index in [9.17, 15) is 8.42 Å². The fourth-order valence-electron chi connectivity index (χ4n) is 1.40. The number of sulfonamides is 1. The van der Waals surface area contributed by atoms with Crippen molar-refractivity contribution in [2.45, 2.75) is 11.8 Å². The van der Waals surface area contributed by atoms with Gasteiger partial charge in [0, 0.05) is 18.1 Å². The van der Waals surface area contributed by atoms with Gasteiger partial charge in [-0.1, -0.05) is 51.3 Å². The molecule has 0 spiro atoms. The summed E-state index contributed by atoms with van der Waals surface area (Å²) in [5.74, 6) is 0. The third-order valence-corrected chi connectivity index (χ3v) is 5.31. The number of nitrogens with zero attached hydrogens (tertiary/aromatic N) is 1. The Morgan fingerprint density at radius 2 is 1.83 bits per heavy atom. The van der Waals surface area contributed by atoms with Crippen LogP contribution in [0, 0.1) is 0 Å². The fourth-order valence-corrected chi connectivity index (χ4v) is 4.50. The first-order valence-electron chi connectivity index (χ1n) is 4.91. The first-order chi connectivity index (χ1) is 8.16. The summed E-state index contributed by atoms with van der Waals surface area (Å²) in [7, 11) is -2.27. The summed E-state index contributed by atoms with van der Waals surface area (Å²) < 4.78 is 26.4. The Labute approximate surface area is 126 Å². The molecule has 0 aromatic heterocycles. The number of halogens is 3. The van der Waals surface area contributed by atoms with E-state index in [4.69, 9.17) is 23.2 Å². The number of hydrogen-bond donors (Lipinski definition) is 0. The second-order valence-electron chi connectivity index (χ2n) is 3.92. The molecule has 0 N–H and O–H groups in total. The molecular formula is C11H12BrCl2NO2S. The minimum absolute atomic E-state index is 0.0854. The number of likely N-dealkylation sites (N-methyl/N-ethyl adjacent to an activating group) is 1. The Kier molecular flexibility index (Phi) is 5.26. The van der Waals surface area contributed by atoms with Gasteiger partial charge in [0.05, 0.1) is 10.0 Å². The first-order valence-corrected chi connectivity index (χ1v) is 7.90. The quantitative estimate of drug-likeness (QED) is 0.750. The van der Waals surface area contributed by atoms with Crippen LogP contribution in [0.1, 0.15) is 6.92 Å². The van der Waals surface area contributed by atoms with Gasteiger partial charge in [-0.15, -0.1) is 0 Å². The van der Waals surface area contributed by atoms with Gasteiger partial charge in [0.15, 0.2) is 0 Å². The van der Waals surface area contributed by atoms with Gasteiger partial charge < -0.3 is 0 Å². The highest BCUT2D eigenvalue weighted by molar-refractivity contribution is 9.10. The summed E-state index contributed by atoms with van der Waals surface area (Å²) in [4.78, 5) is -0.0854. The molecule has 3 nitrogen and oxygen atoms in total. The summed E-state index contributed by atoms with van der Waals surface area (Å²) in [6.45, 7) is 5.64. The van der Waals surface area contributed by atoms with E-state index in [1.165, 1.54) is 19.2 Å². The van der Waals surface area contributed by atoms with E-state index in [1.54, 1.807) is 6.92 Å². The van der Waals surface area contributed by atoms with Crippen LogP contribution in [0.25, 0.3) is 0 Å². The Morgan fingerprint density at radius 3 is 2.22 bits per heavy atom. The lowest BCUT2D eigenvalue weighted by Gasteiger charge is -2.19. The minimum atomic E-state index is -3.72. The van der Waals surface area contributed by atoms with Crippen molar-refractivity contribution < 1.29 is 8.42 Å². The molecule has 18 heavy (non-hydrogen) atoms. The molecule has 7 heteroatoms. The second kappa shape index (κ2) is 5.92. The third kappa shape index (κ3) is 3.48. The highest BCUT2D eigenvalue weighted by atomic mass is 79.9. The predicted molar refractivity (Wildman–Crippen MR) is 78.8 cm³/mol. The molecule has 0 aliphatic rings. The minimum Gasteiger partial charge on any atom is -0.207 e. The summed E-state index contributed by atoms with van der Waals surface area (Å²) in [6.07, 6.45) is 0. The second-order valence-corrected chi connectivity index (χ2v) is 7.63. The zero-order valence-corrected chi connectivity index (χ0v) is 13.8. The van der Waals surface area contributed by atoms with Gasteiger partial charge >= 0.3 is 0 Å². The van der Waals surface area contributed by atoms with E-state index in [0.29, 0.717) is 4.47 Å². The van der Waals surface area contributed by atoms with Crippen LogP contribution in [0.3, 0.4) is 0 Å². The molecule has 1 aromatic rings. The SMILES string of the molecule is C=C(C)CN(C)S(=O)(=O)c1c(Cl)cc(Br)cc1Cl. The van der Waals surface area contributed by atoms with Crippen LogP contribution < -0.4 is 0 Å². The van der Waals surface area contributed by atoms with Gasteiger partial charge in [0.25, 0.3) is 0 Å². The topological polar surface area (TPSA) is 37.4 Å². The van der Waals surface area contributed by atoms with Crippen molar-refractivity contribution in [1.82, 2.24) is 4.31 Å². The summed E-state index contributed by atoms with van der Waals surface area (Å²) in [5, 5.41) is 0.172. The van der Waals surface area contributed by atoms with E-state index in [-0.39, 0.29) is 21.5 Å². The van der Waals surface area contributed by atoms with Crippen LogP contribution in [0.2, 0.25) is 10.0 Å². The van der Waals surface area contributed by atoms with Crippen molar-refractivity contribution in [3.8, 4) is 0 Å². The van der Waals surface area contributed by atoms with Gasteiger partial charge in [0.2, 0.25) is 10.0 Å². The highest BCUT2D eigenvalue weighted by Gasteiger charge is 2.26. The molecule has 0 aliphatic carbocycles. The molecule has 0 amide bonds. The molecule has 0 atom stereocenters. The molecule has 0 bridgehead atoms. The van der Waals surface area contributed by atoms with E-state index in [1.807, 2.05) is 0 Å². The van der Waals surface area contributed by atoms with Gasteiger partial charge in [-0.25, -0.2) is 8.42 Å². The van der Waals surface area contributed by atoms with Gasteiger partial charge in [-0.05, 0) is 19.1 Å². The summed E-state index contributed by atoms with van der Waals surface area (Å²) in [5.41, 5.74) is 0.727. The maximum Gasteiger partial charge on any atom is 0.246 e. The Bertz CT molecular complexity index is 564. The third-order valence-electron chi connectivity index (χ3n) is 2.12. The lowest BCUT2D eigenvalue weighted by atomic mass is 10.4. The largest absolute Gasteiger partial charge is 0.246 e. The number of hydrogen-bond acceptors (Lipinski definition) is 2. The van der Waals surface area contributed by atoms with Crippen LogP contribution in [0.15, 0.2) is 33.7 Å². The molecule has 1 aromatic carbocycles. The first kappa shape index (κ1) is 16.0. The number of benzene rings is 1. The number of rotatable bonds is 4.